The van der Waals surface area contributed by atoms with Crippen molar-refractivity contribution >= 4 is 58.3 Å². The van der Waals surface area contributed by atoms with Crippen LogP contribution in [-0.2, 0) is 0 Å². The van der Waals surface area contributed by atoms with E-state index in [0.29, 0.717) is 44.7 Å². The lowest BCUT2D eigenvalue weighted by molar-refractivity contribution is 0.0974. The molecule has 1 heterocycles. The van der Waals surface area contributed by atoms with Crippen molar-refractivity contribution in [2.24, 2.45) is 0 Å². The van der Waals surface area contributed by atoms with Crippen molar-refractivity contribution in [2.45, 2.75) is 39.5 Å². The van der Waals surface area contributed by atoms with Crippen LogP contribution >= 0.6 is 46.7 Å². The fraction of sp³-hybridized carbons (Fsp3) is 0.114. The maximum Gasteiger partial charge on any atom is 0.195 e. The number of benzene rings is 4. The van der Waals surface area contributed by atoms with Gasteiger partial charge in [0.25, 0.3) is 0 Å². The first-order valence-corrected chi connectivity index (χ1v) is 16.2. The predicted molar refractivity (Wildman–Crippen MR) is 175 cm³/mol. The Labute approximate surface area is 268 Å². The number of carbonyl (C=O) groups is 2. The monoisotopic (exact) mass is 641 g/mol. The minimum absolute atomic E-state index is 0.154. The zero-order valence-electron chi connectivity index (χ0n) is 23.1. The summed E-state index contributed by atoms with van der Waals surface area (Å²) >= 11 is 15.8. The summed E-state index contributed by atoms with van der Waals surface area (Å²) in [4.78, 5) is 34.4. The van der Waals surface area contributed by atoms with Crippen molar-refractivity contribution in [3.63, 3.8) is 0 Å². The molecule has 0 amide bonds. The average Bonchev–Trinajstić information content (AvgIpc) is 3.02. The number of pyridine rings is 1. The number of aromatic nitrogens is 1. The van der Waals surface area contributed by atoms with Gasteiger partial charge in [0.05, 0.1) is 16.7 Å². The molecule has 4 nitrogen and oxygen atoms in total. The van der Waals surface area contributed by atoms with Crippen LogP contribution in [0.4, 0.5) is 0 Å². The van der Waals surface area contributed by atoms with Gasteiger partial charge in [0.15, 0.2) is 17.3 Å². The number of ketones is 2. The lowest BCUT2D eigenvalue weighted by Crippen LogP contribution is -2.22. The zero-order chi connectivity index (χ0) is 29.9. The van der Waals surface area contributed by atoms with Crippen molar-refractivity contribution < 1.29 is 14.3 Å². The first kappa shape index (κ1) is 29.5. The van der Waals surface area contributed by atoms with Gasteiger partial charge in [-0.3, -0.25) is 9.59 Å². The molecule has 0 aliphatic heterocycles. The molecule has 0 saturated heterocycles. The predicted octanol–water partition coefficient (Wildman–Crippen LogP) is 10.3. The molecular weight excluding hydrogens is 617 g/mol. The van der Waals surface area contributed by atoms with E-state index in [0.717, 1.165) is 43.7 Å². The highest BCUT2D eigenvalue weighted by Crippen LogP contribution is 2.42. The molecule has 8 heteroatoms. The summed E-state index contributed by atoms with van der Waals surface area (Å²) < 4.78 is 5.78. The summed E-state index contributed by atoms with van der Waals surface area (Å²) in [6.45, 7) is 2.66. The summed E-state index contributed by atoms with van der Waals surface area (Å²) in [6, 6.07) is 28.1. The van der Waals surface area contributed by atoms with Gasteiger partial charge in [-0.2, -0.15) is 0 Å². The van der Waals surface area contributed by atoms with Gasteiger partial charge < -0.3 is 4.74 Å². The topological polar surface area (TPSA) is 56.3 Å². The van der Waals surface area contributed by atoms with E-state index in [4.69, 9.17) is 27.9 Å². The number of hydrogen-bond donors (Lipinski definition) is 0. The van der Waals surface area contributed by atoms with Gasteiger partial charge >= 0.3 is 0 Å². The number of nitrogens with zero attached hydrogens (tertiary/aromatic N) is 1. The van der Waals surface area contributed by atoms with E-state index in [1.807, 2.05) is 78.9 Å². The van der Waals surface area contributed by atoms with Gasteiger partial charge in [0, 0.05) is 43.1 Å². The highest BCUT2D eigenvalue weighted by molar-refractivity contribution is 7.99. The highest BCUT2D eigenvalue weighted by atomic mass is 35.5. The first-order chi connectivity index (χ1) is 20.9. The van der Waals surface area contributed by atoms with Crippen LogP contribution in [0.5, 0.6) is 5.75 Å². The van der Waals surface area contributed by atoms with Crippen molar-refractivity contribution in [1.29, 1.82) is 0 Å². The molecule has 0 N–H and O–H groups in total. The van der Waals surface area contributed by atoms with E-state index in [1.54, 1.807) is 18.3 Å². The molecule has 0 spiro atoms. The first-order valence-electron chi connectivity index (χ1n) is 13.8. The Bertz CT molecular complexity index is 1820. The maximum atomic E-state index is 13.9. The van der Waals surface area contributed by atoms with E-state index in [9.17, 15) is 9.59 Å². The lowest BCUT2D eigenvalue weighted by atomic mass is 9.84. The standard InChI is InChI=1S/C35H25Cl2NO3S2/c1-2-3-18-41-35-26(36)19-22(20-27(35)37)21-13-15-23(16-14-21)42-28-10-6-8-24-31(28)33(39)25-9-7-11-29(32(25)34(24)40)43-30-12-4-5-17-38-30/h4-17,19-20H,2-3,18H2,1H3. The molecule has 0 bridgehead atoms. The molecule has 1 aliphatic rings. The highest BCUT2D eigenvalue weighted by Gasteiger charge is 2.33. The molecule has 0 fully saturated rings. The Balaban J connectivity index is 1.26. The Morgan fingerprint density at radius 1 is 0.721 bits per heavy atom. The third-order valence-corrected chi connectivity index (χ3v) is 9.65. The number of rotatable bonds is 9. The van der Waals surface area contributed by atoms with Gasteiger partial charge in [-0.25, -0.2) is 4.98 Å². The number of fused-ring (bicyclic) bond motifs is 2. The van der Waals surface area contributed by atoms with Crippen LogP contribution in [0.25, 0.3) is 11.1 Å². The summed E-state index contributed by atoms with van der Waals surface area (Å²) in [5, 5.41) is 1.70. The number of ether oxygens (including phenoxy) is 1. The second kappa shape index (κ2) is 13.0. The summed E-state index contributed by atoms with van der Waals surface area (Å²) in [6.07, 6.45) is 3.66. The number of hydrogen-bond acceptors (Lipinski definition) is 6. The largest absolute Gasteiger partial charge is 0.490 e. The number of halogens is 2. The third-order valence-electron chi connectivity index (χ3n) is 7.01. The molecular formula is C35H25Cl2NO3S2. The molecule has 1 aliphatic carbocycles. The fourth-order valence-corrected chi connectivity index (χ4v) is 7.40. The SMILES string of the molecule is CCCCOc1c(Cl)cc(-c2ccc(Sc3cccc4c3C(=O)c3cccc(Sc5ccccn5)c3C4=O)cc2)cc1Cl. The Kier molecular flexibility index (Phi) is 8.91. The fourth-order valence-electron chi connectivity index (χ4n) is 4.89. The molecule has 1 aromatic heterocycles. The normalized spacial score (nSPS) is 12.2. The van der Waals surface area contributed by atoms with E-state index in [1.165, 1.54) is 23.5 Å². The van der Waals surface area contributed by atoms with Gasteiger partial charge in [0.1, 0.15) is 5.03 Å². The van der Waals surface area contributed by atoms with Gasteiger partial charge in [-0.1, -0.05) is 103 Å². The molecule has 4 aromatic carbocycles. The van der Waals surface area contributed by atoms with Crippen molar-refractivity contribution in [3.8, 4) is 16.9 Å². The second-order valence-corrected chi connectivity index (χ2v) is 12.9. The quantitative estimate of drug-likeness (QED) is 0.146. The molecule has 43 heavy (non-hydrogen) atoms. The van der Waals surface area contributed by atoms with Gasteiger partial charge in [-0.15, -0.1) is 0 Å². The average molecular weight is 643 g/mol. The van der Waals surface area contributed by atoms with E-state index < -0.39 is 0 Å². The molecule has 0 atom stereocenters. The number of unbranched alkanes of at least 4 members (excludes halogenated alkanes) is 1. The lowest BCUT2D eigenvalue weighted by Gasteiger charge is -2.22. The molecule has 0 saturated carbocycles. The molecule has 0 unspecified atom stereocenters. The Hall–Kier alpha value is -3.55. The minimum atomic E-state index is -0.155. The number of carbonyl (C=O) groups excluding carboxylic acids is 2. The smallest absolute Gasteiger partial charge is 0.195 e. The molecule has 214 valence electrons. The van der Waals surface area contributed by atoms with Crippen molar-refractivity contribution in [3.05, 3.63) is 129 Å². The van der Waals surface area contributed by atoms with Gasteiger partial charge in [0.2, 0.25) is 0 Å². The molecule has 5 aromatic rings. The molecule has 6 rings (SSSR count). The minimum Gasteiger partial charge on any atom is -0.490 e. The van der Waals surface area contributed by atoms with Crippen molar-refractivity contribution in [2.75, 3.05) is 6.61 Å². The van der Waals surface area contributed by atoms with Crippen LogP contribution in [0.1, 0.15) is 51.6 Å². The van der Waals surface area contributed by atoms with E-state index in [2.05, 4.69) is 11.9 Å². The van der Waals surface area contributed by atoms with Crippen LogP contribution in [0.15, 0.2) is 117 Å². The third kappa shape index (κ3) is 6.11. The van der Waals surface area contributed by atoms with Crippen LogP contribution in [0.3, 0.4) is 0 Å². The second-order valence-electron chi connectivity index (χ2n) is 9.88. The van der Waals surface area contributed by atoms with E-state index in [-0.39, 0.29) is 11.6 Å². The van der Waals surface area contributed by atoms with Crippen LogP contribution in [0.2, 0.25) is 10.0 Å². The Morgan fingerprint density at radius 3 is 1.93 bits per heavy atom. The Morgan fingerprint density at radius 2 is 1.35 bits per heavy atom. The summed E-state index contributed by atoms with van der Waals surface area (Å²) in [5.41, 5.74) is 3.52. The molecule has 0 radical (unpaired) electrons. The van der Waals surface area contributed by atoms with Gasteiger partial charge in [-0.05, 0) is 66.1 Å². The summed E-state index contributed by atoms with van der Waals surface area (Å²) in [5.74, 6) is 0.195. The maximum absolute atomic E-state index is 13.9. The van der Waals surface area contributed by atoms with Crippen molar-refractivity contribution in [1.82, 2.24) is 4.98 Å². The van der Waals surface area contributed by atoms with Crippen LogP contribution < -0.4 is 4.74 Å². The zero-order valence-corrected chi connectivity index (χ0v) is 26.2. The van der Waals surface area contributed by atoms with E-state index >= 15 is 0 Å². The summed E-state index contributed by atoms with van der Waals surface area (Å²) in [7, 11) is 0. The van der Waals surface area contributed by atoms with Crippen LogP contribution in [0, 0.1) is 0 Å². The van der Waals surface area contributed by atoms with Crippen LogP contribution in [-0.4, -0.2) is 23.2 Å².